The monoisotopic (exact) mass is 271 g/mol. The first-order chi connectivity index (χ1) is 9.38. The summed E-state index contributed by atoms with van der Waals surface area (Å²) in [4.78, 5) is 4.21. The molecular formula is C17H21NO2. The molecule has 0 saturated heterocycles. The van der Waals surface area contributed by atoms with Crippen LogP contribution in [0.2, 0.25) is 0 Å². The SMILES string of the molecule is C[C@H](O)c1ccnc(Oc2ccccc2C(C)(C)C)c1. The smallest absolute Gasteiger partial charge is 0.219 e. The number of aromatic nitrogens is 1. The molecule has 0 fully saturated rings. The second-order valence-electron chi connectivity index (χ2n) is 5.95. The van der Waals surface area contributed by atoms with E-state index in [0.29, 0.717) is 5.88 Å². The molecule has 0 spiro atoms. The van der Waals surface area contributed by atoms with Crippen LogP contribution in [0.3, 0.4) is 0 Å². The average molecular weight is 271 g/mol. The minimum atomic E-state index is -0.529. The van der Waals surface area contributed by atoms with Gasteiger partial charge in [0.1, 0.15) is 5.75 Å². The van der Waals surface area contributed by atoms with Crippen molar-refractivity contribution in [2.24, 2.45) is 0 Å². The van der Waals surface area contributed by atoms with Crippen molar-refractivity contribution in [2.75, 3.05) is 0 Å². The molecule has 2 rings (SSSR count). The zero-order chi connectivity index (χ0) is 14.8. The largest absolute Gasteiger partial charge is 0.439 e. The van der Waals surface area contributed by atoms with Gasteiger partial charge in [-0.1, -0.05) is 39.0 Å². The number of pyridine rings is 1. The van der Waals surface area contributed by atoms with E-state index in [1.807, 2.05) is 18.2 Å². The molecule has 1 atom stereocenters. The fourth-order valence-electron chi connectivity index (χ4n) is 2.03. The van der Waals surface area contributed by atoms with E-state index < -0.39 is 6.10 Å². The molecule has 1 aromatic heterocycles. The molecule has 0 aliphatic heterocycles. The first-order valence-electron chi connectivity index (χ1n) is 6.79. The van der Waals surface area contributed by atoms with Crippen molar-refractivity contribution in [3.63, 3.8) is 0 Å². The number of para-hydroxylation sites is 1. The molecule has 0 radical (unpaired) electrons. The minimum absolute atomic E-state index is 0.00151. The molecule has 1 N–H and O–H groups in total. The summed E-state index contributed by atoms with van der Waals surface area (Å²) < 4.78 is 5.90. The van der Waals surface area contributed by atoms with Crippen LogP contribution in [0.1, 0.15) is 44.9 Å². The summed E-state index contributed by atoms with van der Waals surface area (Å²) in [5, 5.41) is 9.61. The lowest BCUT2D eigenvalue weighted by Gasteiger charge is -2.22. The van der Waals surface area contributed by atoms with E-state index in [1.54, 1.807) is 25.3 Å². The summed E-state index contributed by atoms with van der Waals surface area (Å²) in [7, 11) is 0. The molecule has 0 amide bonds. The van der Waals surface area contributed by atoms with Crippen LogP contribution < -0.4 is 4.74 Å². The van der Waals surface area contributed by atoms with Gasteiger partial charge in [-0.05, 0) is 30.0 Å². The predicted molar refractivity (Wildman–Crippen MR) is 80.1 cm³/mol. The van der Waals surface area contributed by atoms with E-state index in [-0.39, 0.29) is 5.41 Å². The van der Waals surface area contributed by atoms with Crippen molar-refractivity contribution in [1.29, 1.82) is 0 Å². The normalized spacial score (nSPS) is 13.1. The maximum Gasteiger partial charge on any atom is 0.219 e. The van der Waals surface area contributed by atoms with Crippen LogP contribution in [0.4, 0.5) is 0 Å². The Bertz CT molecular complexity index is 586. The van der Waals surface area contributed by atoms with Crippen molar-refractivity contribution >= 4 is 0 Å². The van der Waals surface area contributed by atoms with Gasteiger partial charge in [-0.15, -0.1) is 0 Å². The average Bonchev–Trinajstić information content (AvgIpc) is 2.38. The van der Waals surface area contributed by atoms with E-state index in [1.165, 1.54) is 0 Å². The van der Waals surface area contributed by atoms with Crippen molar-refractivity contribution in [3.8, 4) is 11.6 Å². The summed E-state index contributed by atoms with van der Waals surface area (Å²) in [6.07, 6.45) is 1.12. The number of ether oxygens (including phenoxy) is 1. The lowest BCUT2D eigenvalue weighted by atomic mass is 9.86. The summed E-state index contributed by atoms with van der Waals surface area (Å²) in [5.74, 6) is 1.30. The Hall–Kier alpha value is -1.87. The number of aliphatic hydroxyl groups is 1. The molecule has 0 aliphatic carbocycles. The zero-order valence-corrected chi connectivity index (χ0v) is 12.4. The molecule has 0 bridgehead atoms. The molecule has 2 aromatic rings. The molecule has 1 heterocycles. The number of aliphatic hydroxyl groups excluding tert-OH is 1. The van der Waals surface area contributed by atoms with Gasteiger partial charge < -0.3 is 9.84 Å². The van der Waals surface area contributed by atoms with E-state index in [2.05, 4.69) is 31.8 Å². The summed E-state index contributed by atoms with van der Waals surface area (Å²) >= 11 is 0. The molecular weight excluding hydrogens is 250 g/mol. The third-order valence-corrected chi connectivity index (χ3v) is 3.15. The van der Waals surface area contributed by atoms with E-state index in [0.717, 1.165) is 16.9 Å². The summed E-state index contributed by atoms with van der Waals surface area (Å²) in [6.45, 7) is 8.17. The van der Waals surface area contributed by atoms with Crippen LogP contribution in [0.5, 0.6) is 11.6 Å². The predicted octanol–water partition coefficient (Wildman–Crippen LogP) is 4.22. The Morgan fingerprint density at radius 2 is 1.85 bits per heavy atom. The van der Waals surface area contributed by atoms with Gasteiger partial charge in [-0.3, -0.25) is 0 Å². The molecule has 0 aliphatic rings. The highest BCUT2D eigenvalue weighted by Crippen LogP contribution is 2.33. The van der Waals surface area contributed by atoms with Crippen molar-refractivity contribution in [3.05, 3.63) is 53.7 Å². The number of nitrogens with zero attached hydrogens (tertiary/aromatic N) is 1. The third kappa shape index (κ3) is 3.36. The summed E-state index contributed by atoms with van der Waals surface area (Å²) in [6, 6.07) is 11.5. The maximum atomic E-state index is 9.61. The quantitative estimate of drug-likeness (QED) is 0.908. The van der Waals surface area contributed by atoms with Crippen molar-refractivity contribution in [1.82, 2.24) is 4.98 Å². The van der Waals surface area contributed by atoms with Crippen molar-refractivity contribution < 1.29 is 9.84 Å². The van der Waals surface area contributed by atoms with Crippen molar-refractivity contribution in [2.45, 2.75) is 39.2 Å². The van der Waals surface area contributed by atoms with Crippen LogP contribution in [-0.2, 0) is 5.41 Å². The van der Waals surface area contributed by atoms with Crippen LogP contribution >= 0.6 is 0 Å². The standard InChI is InChI=1S/C17H21NO2/c1-12(19)13-9-10-18-16(11-13)20-15-8-6-5-7-14(15)17(2,3)4/h5-12,19H,1-4H3/t12-/m0/s1. The van der Waals surface area contributed by atoms with Gasteiger partial charge >= 0.3 is 0 Å². The van der Waals surface area contributed by atoms with Gasteiger partial charge in [-0.2, -0.15) is 0 Å². The molecule has 0 saturated carbocycles. The first-order valence-corrected chi connectivity index (χ1v) is 6.79. The van der Waals surface area contributed by atoms with Gasteiger partial charge in [0.2, 0.25) is 5.88 Å². The molecule has 106 valence electrons. The number of hydrogen-bond acceptors (Lipinski definition) is 3. The van der Waals surface area contributed by atoms with Gasteiger partial charge in [-0.25, -0.2) is 4.98 Å². The van der Waals surface area contributed by atoms with E-state index in [9.17, 15) is 5.11 Å². The summed E-state index contributed by atoms with van der Waals surface area (Å²) in [5.41, 5.74) is 1.92. The fraction of sp³-hybridized carbons (Fsp3) is 0.353. The van der Waals surface area contributed by atoms with Gasteiger partial charge in [0.15, 0.2) is 0 Å². The Labute approximate surface area is 120 Å². The molecule has 1 aromatic carbocycles. The van der Waals surface area contributed by atoms with Crippen LogP contribution in [-0.4, -0.2) is 10.1 Å². The Balaban J connectivity index is 2.33. The second kappa shape index (κ2) is 5.63. The molecule has 20 heavy (non-hydrogen) atoms. The van der Waals surface area contributed by atoms with Gasteiger partial charge in [0.25, 0.3) is 0 Å². The van der Waals surface area contributed by atoms with Gasteiger partial charge in [0, 0.05) is 17.8 Å². The lowest BCUT2D eigenvalue weighted by molar-refractivity contribution is 0.198. The fourth-order valence-corrected chi connectivity index (χ4v) is 2.03. The van der Waals surface area contributed by atoms with Crippen LogP contribution in [0.15, 0.2) is 42.6 Å². The molecule has 3 nitrogen and oxygen atoms in total. The van der Waals surface area contributed by atoms with Crippen LogP contribution in [0, 0.1) is 0 Å². The van der Waals surface area contributed by atoms with Gasteiger partial charge in [0.05, 0.1) is 6.10 Å². The topological polar surface area (TPSA) is 42.4 Å². The lowest BCUT2D eigenvalue weighted by Crippen LogP contribution is -2.12. The number of benzene rings is 1. The highest BCUT2D eigenvalue weighted by Gasteiger charge is 2.19. The number of hydrogen-bond donors (Lipinski definition) is 1. The Kier molecular flexibility index (Phi) is 4.09. The highest BCUT2D eigenvalue weighted by atomic mass is 16.5. The van der Waals surface area contributed by atoms with Crippen LogP contribution in [0.25, 0.3) is 0 Å². The van der Waals surface area contributed by atoms with E-state index >= 15 is 0 Å². The molecule has 3 heteroatoms. The second-order valence-corrected chi connectivity index (χ2v) is 5.95. The maximum absolute atomic E-state index is 9.61. The highest BCUT2D eigenvalue weighted by molar-refractivity contribution is 5.40. The zero-order valence-electron chi connectivity index (χ0n) is 12.4. The van der Waals surface area contributed by atoms with E-state index in [4.69, 9.17) is 4.74 Å². The first kappa shape index (κ1) is 14.5. The third-order valence-electron chi connectivity index (χ3n) is 3.15. The Morgan fingerprint density at radius 3 is 2.50 bits per heavy atom. The minimum Gasteiger partial charge on any atom is -0.439 e. The molecule has 0 unspecified atom stereocenters. The number of rotatable bonds is 3. The Morgan fingerprint density at radius 1 is 1.15 bits per heavy atom.